The molecule has 0 aromatic carbocycles. The van der Waals surface area contributed by atoms with Crippen molar-refractivity contribution in [3.63, 3.8) is 0 Å². The summed E-state index contributed by atoms with van der Waals surface area (Å²) in [6.07, 6.45) is 14.0. The molecule has 2 aliphatic heterocycles. The van der Waals surface area contributed by atoms with E-state index in [1.165, 1.54) is 19.3 Å². The van der Waals surface area contributed by atoms with Crippen LogP contribution in [0.1, 0.15) is 57.8 Å². The monoisotopic (exact) mass is 330 g/mol. The van der Waals surface area contributed by atoms with Gasteiger partial charge in [0, 0.05) is 38.5 Å². The third-order valence-corrected chi connectivity index (χ3v) is 6.94. The number of carbonyl (C=O) groups is 2. The van der Waals surface area contributed by atoms with Crippen LogP contribution in [-0.4, -0.2) is 47.8 Å². The Hall–Kier alpha value is -1.32. The number of nitrogens with zero attached hydrogens (tertiary/aromatic N) is 2. The minimum Gasteiger partial charge on any atom is -0.342 e. The number of piperidine rings is 2. The van der Waals surface area contributed by atoms with Gasteiger partial charge < -0.3 is 9.80 Å². The zero-order valence-electron chi connectivity index (χ0n) is 14.7. The van der Waals surface area contributed by atoms with Crippen LogP contribution in [0.15, 0.2) is 12.2 Å². The Morgan fingerprint density at radius 3 is 2.46 bits per heavy atom. The molecule has 0 bridgehead atoms. The van der Waals surface area contributed by atoms with Crippen LogP contribution >= 0.6 is 0 Å². The molecule has 132 valence electrons. The standard InChI is InChI=1S/C20H30N2O2/c23-18-8-9-20(15-22(18)14-16-4-3-5-16)10-12-21(13-11-20)19(24)17-6-1-2-7-17/h1-2,16-17H,3-15H2. The summed E-state index contributed by atoms with van der Waals surface area (Å²) < 4.78 is 0. The molecule has 2 heterocycles. The van der Waals surface area contributed by atoms with E-state index in [2.05, 4.69) is 22.0 Å². The molecule has 4 heteroatoms. The maximum atomic E-state index is 12.6. The Morgan fingerprint density at radius 2 is 1.83 bits per heavy atom. The highest BCUT2D eigenvalue weighted by Gasteiger charge is 2.42. The van der Waals surface area contributed by atoms with Gasteiger partial charge in [0.15, 0.2) is 0 Å². The topological polar surface area (TPSA) is 40.6 Å². The molecule has 3 fully saturated rings. The van der Waals surface area contributed by atoms with Crippen LogP contribution in [0.4, 0.5) is 0 Å². The lowest BCUT2D eigenvalue weighted by molar-refractivity contribution is -0.145. The first-order valence-electron chi connectivity index (χ1n) is 9.87. The van der Waals surface area contributed by atoms with Crippen molar-refractivity contribution in [1.82, 2.24) is 9.80 Å². The molecule has 4 rings (SSSR count). The van der Waals surface area contributed by atoms with E-state index < -0.39 is 0 Å². The highest BCUT2D eigenvalue weighted by molar-refractivity contribution is 5.80. The highest BCUT2D eigenvalue weighted by atomic mass is 16.2. The molecule has 0 aromatic rings. The predicted molar refractivity (Wildman–Crippen MR) is 93.3 cm³/mol. The first-order valence-corrected chi connectivity index (χ1v) is 9.87. The van der Waals surface area contributed by atoms with Gasteiger partial charge in [-0.2, -0.15) is 0 Å². The number of allylic oxidation sites excluding steroid dienone is 2. The van der Waals surface area contributed by atoms with Crippen molar-refractivity contribution in [1.29, 1.82) is 0 Å². The van der Waals surface area contributed by atoms with Crippen molar-refractivity contribution in [2.24, 2.45) is 17.3 Å². The van der Waals surface area contributed by atoms with Gasteiger partial charge in [-0.3, -0.25) is 9.59 Å². The molecule has 24 heavy (non-hydrogen) atoms. The molecule has 0 N–H and O–H groups in total. The SMILES string of the molecule is O=C1CCC2(CCN(C(=O)C3CC=CC3)CC2)CN1CC1CCC1. The molecule has 2 amide bonds. The Morgan fingerprint density at radius 1 is 1.12 bits per heavy atom. The Kier molecular flexibility index (Phi) is 4.40. The summed E-state index contributed by atoms with van der Waals surface area (Å²) in [4.78, 5) is 29.1. The smallest absolute Gasteiger partial charge is 0.226 e. The van der Waals surface area contributed by atoms with Gasteiger partial charge in [0.25, 0.3) is 0 Å². The summed E-state index contributed by atoms with van der Waals surface area (Å²) in [5.74, 6) is 1.67. The van der Waals surface area contributed by atoms with E-state index >= 15 is 0 Å². The van der Waals surface area contributed by atoms with Crippen LogP contribution in [0.3, 0.4) is 0 Å². The normalized spacial score (nSPS) is 27.8. The number of likely N-dealkylation sites (tertiary alicyclic amines) is 2. The van der Waals surface area contributed by atoms with Crippen molar-refractivity contribution in [3.05, 3.63) is 12.2 Å². The summed E-state index contributed by atoms with van der Waals surface area (Å²) in [5.41, 5.74) is 0.280. The second-order valence-electron chi connectivity index (χ2n) is 8.54. The minimum absolute atomic E-state index is 0.196. The van der Waals surface area contributed by atoms with Gasteiger partial charge in [-0.25, -0.2) is 0 Å². The van der Waals surface area contributed by atoms with Crippen molar-refractivity contribution >= 4 is 11.8 Å². The summed E-state index contributed by atoms with van der Waals surface area (Å²) in [6, 6.07) is 0. The fourth-order valence-corrected chi connectivity index (χ4v) is 4.94. The lowest BCUT2D eigenvalue weighted by atomic mass is 9.71. The van der Waals surface area contributed by atoms with E-state index in [0.717, 1.165) is 64.2 Å². The summed E-state index contributed by atoms with van der Waals surface area (Å²) in [5, 5.41) is 0. The van der Waals surface area contributed by atoms with Crippen LogP contribution in [0.2, 0.25) is 0 Å². The maximum Gasteiger partial charge on any atom is 0.226 e. The molecular formula is C20H30N2O2. The molecule has 1 spiro atoms. The lowest BCUT2D eigenvalue weighted by Gasteiger charge is -2.48. The third kappa shape index (κ3) is 3.12. The van der Waals surface area contributed by atoms with E-state index in [1.807, 2.05) is 0 Å². The van der Waals surface area contributed by atoms with Crippen LogP contribution in [0.5, 0.6) is 0 Å². The van der Waals surface area contributed by atoms with E-state index in [0.29, 0.717) is 18.2 Å². The first kappa shape index (κ1) is 16.2. The van der Waals surface area contributed by atoms with Gasteiger partial charge in [-0.05, 0) is 56.3 Å². The third-order valence-electron chi connectivity index (χ3n) is 6.94. The van der Waals surface area contributed by atoms with E-state index in [9.17, 15) is 9.59 Å². The number of carbonyl (C=O) groups excluding carboxylic acids is 2. The molecule has 0 radical (unpaired) electrons. The molecular weight excluding hydrogens is 300 g/mol. The van der Waals surface area contributed by atoms with Gasteiger partial charge >= 0.3 is 0 Å². The maximum absolute atomic E-state index is 12.6. The molecule has 4 aliphatic rings. The average Bonchev–Trinajstić information content (AvgIpc) is 3.09. The largest absolute Gasteiger partial charge is 0.342 e. The predicted octanol–water partition coefficient (Wildman–Crippen LogP) is 2.98. The first-order chi connectivity index (χ1) is 11.7. The fraction of sp³-hybridized carbons (Fsp3) is 0.800. The summed E-state index contributed by atoms with van der Waals surface area (Å²) >= 11 is 0. The summed E-state index contributed by atoms with van der Waals surface area (Å²) in [7, 11) is 0. The molecule has 0 aromatic heterocycles. The molecule has 2 saturated heterocycles. The number of rotatable bonds is 3. The number of amides is 2. The lowest BCUT2D eigenvalue weighted by Crippen LogP contribution is -2.54. The van der Waals surface area contributed by atoms with Crippen LogP contribution in [-0.2, 0) is 9.59 Å². The number of hydrogen-bond acceptors (Lipinski definition) is 2. The Bertz CT molecular complexity index is 522. The number of hydrogen-bond donors (Lipinski definition) is 0. The quantitative estimate of drug-likeness (QED) is 0.747. The molecule has 0 atom stereocenters. The van der Waals surface area contributed by atoms with Crippen molar-refractivity contribution in [3.8, 4) is 0 Å². The van der Waals surface area contributed by atoms with Gasteiger partial charge in [-0.1, -0.05) is 18.6 Å². The van der Waals surface area contributed by atoms with Gasteiger partial charge in [-0.15, -0.1) is 0 Å². The highest BCUT2D eigenvalue weighted by Crippen LogP contribution is 2.41. The zero-order chi connectivity index (χ0) is 16.6. The van der Waals surface area contributed by atoms with E-state index in [-0.39, 0.29) is 11.3 Å². The van der Waals surface area contributed by atoms with Crippen LogP contribution in [0, 0.1) is 17.3 Å². The minimum atomic E-state index is 0.196. The second kappa shape index (κ2) is 6.53. The Labute approximate surface area is 145 Å². The van der Waals surface area contributed by atoms with Gasteiger partial charge in [0.2, 0.25) is 11.8 Å². The zero-order valence-corrected chi connectivity index (χ0v) is 14.7. The van der Waals surface area contributed by atoms with Crippen LogP contribution in [0.25, 0.3) is 0 Å². The van der Waals surface area contributed by atoms with Gasteiger partial charge in [0.1, 0.15) is 0 Å². The second-order valence-corrected chi connectivity index (χ2v) is 8.54. The van der Waals surface area contributed by atoms with Crippen molar-refractivity contribution in [2.75, 3.05) is 26.2 Å². The Balaban J connectivity index is 1.33. The molecule has 4 nitrogen and oxygen atoms in total. The van der Waals surface area contributed by atoms with Crippen molar-refractivity contribution in [2.45, 2.75) is 57.8 Å². The molecule has 1 saturated carbocycles. The van der Waals surface area contributed by atoms with E-state index in [4.69, 9.17) is 0 Å². The van der Waals surface area contributed by atoms with Gasteiger partial charge in [0.05, 0.1) is 0 Å². The van der Waals surface area contributed by atoms with Crippen molar-refractivity contribution < 1.29 is 9.59 Å². The fourth-order valence-electron chi connectivity index (χ4n) is 4.94. The summed E-state index contributed by atoms with van der Waals surface area (Å²) in [6.45, 7) is 3.70. The van der Waals surface area contributed by atoms with E-state index in [1.54, 1.807) is 0 Å². The van der Waals surface area contributed by atoms with Crippen LogP contribution < -0.4 is 0 Å². The molecule has 2 aliphatic carbocycles. The average molecular weight is 330 g/mol. The molecule has 0 unspecified atom stereocenters.